The second-order valence-electron chi connectivity index (χ2n) is 7.25. The third-order valence-electron chi connectivity index (χ3n) is 5.39. The normalized spacial score (nSPS) is 15.4. The van der Waals surface area contributed by atoms with Gasteiger partial charge in [-0.05, 0) is 43.5 Å². The number of benzene rings is 2. The van der Waals surface area contributed by atoms with Crippen molar-refractivity contribution in [1.82, 2.24) is 5.32 Å². The Morgan fingerprint density at radius 3 is 2.45 bits per heavy atom. The van der Waals surface area contributed by atoms with Crippen molar-refractivity contribution >= 4 is 11.7 Å². The quantitative estimate of drug-likeness (QED) is 0.693. The summed E-state index contributed by atoms with van der Waals surface area (Å²) >= 11 is 0. The van der Waals surface area contributed by atoms with Crippen molar-refractivity contribution in [2.75, 3.05) is 33.5 Å². The van der Waals surface area contributed by atoms with Crippen molar-refractivity contribution < 1.29 is 23.8 Å². The Hall–Kier alpha value is -2.86. The molecule has 1 saturated heterocycles. The predicted octanol–water partition coefficient (Wildman–Crippen LogP) is 3.14. The zero-order valence-electron chi connectivity index (χ0n) is 16.9. The van der Waals surface area contributed by atoms with Crippen molar-refractivity contribution in [2.24, 2.45) is 0 Å². The fourth-order valence-corrected chi connectivity index (χ4v) is 3.59. The summed E-state index contributed by atoms with van der Waals surface area (Å²) in [5.74, 6) is 0.590. The number of rotatable bonds is 8. The molecule has 0 aliphatic carbocycles. The van der Waals surface area contributed by atoms with Crippen LogP contribution in [0, 0.1) is 0 Å². The van der Waals surface area contributed by atoms with Crippen LogP contribution < -0.4 is 14.8 Å². The number of hydrogen-bond acceptors (Lipinski definition) is 5. The van der Waals surface area contributed by atoms with Gasteiger partial charge in [-0.2, -0.15) is 0 Å². The first-order valence-corrected chi connectivity index (χ1v) is 9.76. The van der Waals surface area contributed by atoms with E-state index < -0.39 is 0 Å². The minimum absolute atomic E-state index is 0.0599. The van der Waals surface area contributed by atoms with Crippen LogP contribution in [-0.4, -0.2) is 45.2 Å². The number of carbonyl (C=O) groups is 2. The van der Waals surface area contributed by atoms with E-state index in [1.165, 1.54) is 19.6 Å². The topological polar surface area (TPSA) is 73.9 Å². The molecule has 1 aliphatic rings. The van der Waals surface area contributed by atoms with Crippen LogP contribution in [0.4, 0.5) is 0 Å². The number of ether oxygens (including phenoxy) is 3. The highest BCUT2D eigenvalue weighted by Gasteiger charge is 2.34. The number of ketones is 1. The standard InChI is InChI=1S/C23H27NO5/c1-17(25)18-8-9-20(21(14-18)27-2)29-15-22(26)24-16-23(10-12-28-13-11-23)19-6-4-3-5-7-19/h3-9,14H,10-13,15-16H2,1-2H3,(H,24,26). The van der Waals surface area contributed by atoms with Gasteiger partial charge in [0.1, 0.15) is 0 Å². The summed E-state index contributed by atoms with van der Waals surface area (Å²) in [4.78, 5) is 23.9. The summed E-state index contributed by atoms with van der Waals surface area (Å²) in [5.41, 5.74) is 1.62. The van der Waals surface area contributed by atoms with E-state index >= 15 is 0 Å². The first-order chi connectivity index (χ1) is 14.0. The van der Waals surface area contributed by atoms with Crippen LogP contribution in [0.2, 0.25) is 0 Å². The molecule has 2 aromatic carbocycles. The Morgan fingerprint density at radius 1 is 1.07 bits per heavy atom. The molecule has 29 heavy (non-hydrogen) atoms. The van der Waals surface area contributed by atoms with Gasteiger partial charge in [0.15, 0.2) is 23.9 Å². The summed E-state index contributed by atoms with van der Waals surface area (Å²) in [6, 6.07) is 15.2. The maximum absolute atomic E-state index is 12.4. The Bertz CT molecular complexity index is 844. The highest BCUT2D eigenvalue weighted by molar-refractivity contribution is 5.94. The van der Waals surface area contributed by atoms with E-state index in [0.29, 0.717) is 36.8 Å². The van der Waals surface area contributed by atoms with Crippen LogP contribution in [0.1, 0.15) is 35.7 Å². The van der Waals surface area contributed by atoms with Crippen LogP contribution in [-0.2, 0) is 14.9 Å². The summed E-state index contributed by atoms with van der Waals surface area (Å²) in [6.07, 6.45) is 1.72. The Morgan fingerprint density at radius 2 is 1.79 bits per heavy atom. The molecular weight excluding hydrogens is 370 g/mol. The van der Waals surface area contributed by atoms with Crippen molar-refractivity contribution in [3.63, 3.8) is 0 Å². The molecule has 1 amide bonds. The molecule has 6 heteroatoms. The Balaban J connectivity index is 1.61. The van der Waals surface area contributed by atoms with Gasteiger partial charge in [0, 0.05) is 30.7 Å². The van der Waals surface area contributed by atoms with E-state index in [1.807, 2.05) is 18.2 Å². The van der Waals surface area contributed by atoms with Gasteiger partial charge in [0.05, 0.1) is 7.11 Å². The highest BCUT2D eigenvalue weighted by Crippen LogP contribution is 2.34. The number of amides is 1. The first-order valence-electron chi connectivity index (χ1n) is 9.76. The lowest BCUT2D eigenvalue weighted by Crippen LogP contribution is -2.45. The van der Waals surface area contributed by atoms with Gasteiger partial charge in [-0.15, -0.1) is 0 Å². The van der Waals surface area contributed by atoms with E-state index in [2.05, 4.69) is 17.4 Å². The van der Waals surface area contributed by atoms with Crippen LogP contribution in [0.3, 0.4) is 0 Å². The Kier molecular flexibility index (Phi) is 6.88. The average molecular weight is 397 g/mol. The van der Waals surface area contributed by atoms with Gasteiger partial charge >= 0.3 is 0 Å². The van der Waals surface area contributed by atoms with Crippen LogP contribution in [0.5, 0.6) is 11.5 Å². The van der Waals surface area contributed by atoms with Crippen molar-refractivity contribution in [3.8, 4) is 11.5 Å². The first kappa shape index (κ1) is 20.9. The van der Waals surface area contributed by atoms with E-state index in [1.54, 1.807) is 18.2 Å². The molecule has 0 bridgehead atoms. The highest BCUT2D eigenvalue weighted by atomic mass is 16.5. The molecule has 3 rings (SSSR count). The van der Waals surface area contributed by atoms with E-state index in [4.69, 9.17) is 14.2 Å². The molecule has 2 aromatic rings. The molecule has 1 heterocycles. The molecule has 0 saturated carbocycles. The average Bonchev–Trinajstić information content (AvgIpc) is 2.77. The fourth-order valence-electron chi connectivity index (χ4n) is 3.59. The summed E-state index contributed by atoms with van der Waals surface area (Å²) in [6.45, 7) is 3.25. The SMILES string of the molecule is COc1cc(C(C)=O)ccc1OCC(=O)NCC1(c2ccccc2)CCOCC1. The number of nitrogens with one attached hydrogen (secondary N) is 1. The fraction of sp³-hybridized carbons (Fsp3) is 0.391. The molecule has 0 aromatic heterocycles. The molecule has 6 nitrogen and oxygen atoms in total. The number of Topliss-reactive ketones (excluding diaryl/α,β-unsaturated/α-hetero) is 1. The van der Waals surface area contributed by atoms with Crippen molar-refractivity contribution in [3.05, 3.63) is 59.7 Å². The van der Waals surface area contributed by atoms with E-state index in [-0.39, 0.29) is 23.7 Å². The Labute approximate surface area is 171 Å². The van der Waals surface area contributed by atoms with Gasteiger partial charge in [-0.25, -0.2) is 0 Å². The largest absolute Gasteiger partial charge is 0.493 e. The third-order valence-corrected chi connectivity index (χ3v) is 5.39. The zero-order valence-corrected chi connectivity index (χ0v) is 16.9. The molecule has 154 valence electrons. The van der Waals surface area contributed by atoms with Crippen molar-refractivity contribution in [2.45, 2.75) is 25.2 Å². The molecule has 1 aliphatic heterocycles. The predicted molar refractivity (Wildman–Crippen MR) is 110 cm³/mol. The summed E-state index contributed by atoms with van der Waals surface area (Å²) in [5, 5.41) is 3.01. The number of carbonyl (C=O) groups excluding carboxylic acids is 2. The number of hydrogen-bond donors (Lipinski definition) is 1. The van der Waals surface area contributed by atoms with Gasteiger partial charge in [0.25, 0.3) is 5.91 Å². The maximum atomic E-state index is 12.4. The minimum Gasteiger partial charge on any atom is -0.493 e. The zero-order chi connectivity index (χ0) is 20.7. The second kappa shape index (κ2) is 9.56. The molecule has 0 radical (unpaired) electrons. The molecule has 1 fully saturated rings. The molecule has 0 atom stereocenters. The number of methoxy groups -OCH3 is 1. The lowest BCUT2D eigenvalue weighted by molar-refractivity contribution is -0.123. The lowest BCUT2D eigenvalue weighted by atomic mass is 9.74. The van der Waals surface area contributed by atoms with Gasteiger partial charge in [0.2, 0.25) is 0 Å². The molecule has 0 unspecified atom stereocenters. The third kappa shape index (κ3) is 5.15. The van der Waals surface area contributed by atoms with Gasteiger partial charge in [-0.1, -0.05) is 30.3 Å². The van der Waals surface area contributed by atoms with Gasteiger partial charge < -0.3 is 19.5 Å². The lowest BCUT2D eigenvalue weighted by Gasteiger charge is -2.38. The molecule has 0 spiro atoms. The van der Waals surface area contributed by atoms with Crippen LogP contribution >= 0.6 is 0 Å². The van der Waals surface area contributed by atoms with E-state index in [0.717, 1.165) is 12.8 Å². The van der Waals surface area contributed by atoms with Crippen LogP contribution in [0.25, 0.3) is 0 Å². The monoisotopic (exact) mass is 397 g/mol. The van der Waals surface area contributed by atoms with Gasteiger partial charge in [-0.3, -0.25) is 9.59 Å². The maximum Gasteiger partial charge on any atom is 0.257 e. The second-order valence-corrected chi connectivity index (χ2v) is 7.25. The molecular formula is C23H27NO5. The van der Waals surface area contributed by atoms with E-state index in [9.17, 15) is 9.59 Å². The summed E-state index contributed by atoms with van der Waals surface area (Å²) in [7, 11) is 1.50. The van der Waals surface area contributed by atoms with Crippen LogP contribution in [0.15, 0.2) is 48.5 Å². The smallest absolute Gasteiger partial charge is 0.257 e. The minimum atomic E-state index is -0.204. The van der Waals surface area contributed by atoms with Crippen molar-refractivity contribution in [1.29, 1.82) is 0 Å². The summed E-state index contributed by atoms with van der Waals surface area (Å²) < 4.78 is 16.4. The molecule has 1 N–H and O–H groups in total.